The lowest BCUT2D eigenvalue weighted by atomic mass is 9.98. The molecular weight excluding hydrogens is 398 g/mol. The third-order valence-electron chi connectivity index (χ3n) is 5.75. The molecule has 7 heteroatoms. The summed E-state index contributed by atoms with van der Waals surface area (Å²) < 4.78 is 30.0. The Morgan fingerprint density at radius 1 is 1.10 bits per heavy atom. The molecular formula is C24H20F2N4O. The van der Waals surface area contributed by atoms with Gasteiger partial charge in [-0.05, 0) is 31.9 Å². The number of fused-ring (bicyclic) bond motifs is 2. The topological polar surface area (TPSA) is 51.0 Å². The fourth-order valence-corrected chi connectivity index (χ4v) is 4.34. The Kier molecular flexibility index (Phi) is 4.54. The van der Waals surface area contributed by atoms with Crippen LogP contribution in [0.25, 0.3) is 22.3 Å². The van der Waals surface area contributed by atoms with Gasteiger partial charge in [0.05, 0.1) is 28.0 Å². The van der Waals surface area contributed by atoms with Crippen LogP contribution >= 0.6 is 0 Å². The number of rotatable bonds is 2. The zero-order valence-corrected chi connectivity index (χ0v) is 17.2. The summed E-state index contributed by atoms with van der Waals surface area (Å²) >= 11 is 0. The van der Waals surface area contributed by atoms with E-state index in [1.54, 1.807) is 17.8 Å². The van der Waals surface area contributed by atoms with E-state index in [0.29, 0.717) is 58.6 Å². The van der Waals surface area contributed by atoms with Crippen molar-refractivity contribution in [2.24, 2.45) is 7.05 Å². The molecule has 0 aliphatic carbocycles. The molecule has 0 spiro atoms. The minimum Gasteiger partial charge on any atom is -0.308 e. The highest BCUT2D eigenvalue weighted by molar-refractivity contribution is 6.14. The van der Waals surface area contributed by atoms with Gasteiger partial charge in [-0.1, -0.05) is 30.3 Å². The van der Waals surface area contributed by atoms with Crippen LogP contribution in [-0.4, -0.2) is 27.2 Å². The van der Waals surface area contributed by atoms with Gasteiger partial charge in [0.15, 0.2) is 5.65 Å². The molecule has 156 valence electrons. The Balaban J connectivity index is 1.72. The van der Waals surface area contributed by atoms with Crippen LogP contribution in [0.3, 0.4) is 0 Å². The van der Waals surface area contributed by atoms with E-state index in [2.05, 4.69) is 5.10 Å². The van der Waals surface area contributed by atoms with Crippen LogP contribution < -0.4 is 4.90 Å². The van der Waals surface area contributed by atoms with E-state index < -0.39 is 11.6 Å². The lowest BCUT2D eigenvalue weighted by molar-refractivity contribution is 0.0986. The molecule has 0 unspecified atom stereocenters. The maximum atomic E-state index is 14.4. The van der Waals surface area contributed by atoms with Gasteiger partial charge in [-0.25, -0.2) is 13.8 Å². The van der Waals surface area contributed by atoms with Crippen molar-refractivity contribution in [2.75, 3.05) is 11.4 Å². The van der Waals surface area contributed by atoms with Crippen molar-refractivity contribution in [3.05, 3.63) is 77.0 Å². The largest absolute Gasteiger partial charge is 0.308 e. The van der Waals surface area contributed by atoms with Crippen molar-refractivity contribution >= 4 is 22.6 Å². The van der Waals surface area contributed by atoms with Crippen molar-refractivity contribution in [3.8, 4) is 11.3 Å². The molecule has 4 aromatic rings. The molecule has 0 fully saturated rings. The number of carbonyl (C=O) groups excluding carboxylic acids is 1. The summed E-state index contributed by atoms with van der Waals surface area (Å²) in [5.41, 5.74) is 3.86. The maximum Gasteiger partial charge on any atom is 0.259 e. The monoisotopic (exact) mass is 418 g/mol. The van der Waals surface area contributed by atoms with E-state index in [9.17, 15) is 13.6 Å². The molecule has 2 aromatic heterocycles. The lowest BCUT2D eigenvalue weighted by Crippen LogP contribution is -2.36. The Morgan fingerprint density at radius 3 is 2.65 bits per heavy atom. The van der Waals surface area contributed by atoms with Crippen LogP contribution in [0.2, 0.25) is 0 Å². The molecule has 3 heterocycles. The highest BCUT2D eigenvalue weighted by Gasteiger charge is 2.29. The van der Waals surface area contributed by atoms with Crippen molar-refractivity contribution in [3.63, 3.8) is 0 Å². The molecule has 0 saturated heterocycles. The highest BCUT2D eigenvalue weighted by Crippen LogP contribution is 2.34. The normalized spacial score (nSPS) is 13.5. The van der Waals surface area contributed by atoms with Gasteiger partial charge in [-0.2, -0.15) is 5.10 Å². The van der Waals surface area contributed by atoms with Crippen LogP contribution in [0.15, 0.2) is 48.5 Å². The summed E-state index contributed by atoms with van der Waals surface area (Å²) in [6, 6.07) is 13.4. The first-order valence-electron chi connectivity index (χ1n) is 10.1. The average molecular weight is 418 g/mol. The highest BCUT2D eigenvalue weighted by atomic mass is 19.1. The predicted octanol–water partition coefficient (Wildman–Crippen LogP) is 4.81. The number of aryl methyl sites for hydroxylation is 2. The molecule has 0 bridgehead atoms. The number of hydrogen-bond donors (Lipinski definition) is 0. The smallest absolute Gasteiger partial charge is 0.259 e. The lowest BCUT2D eigenvalue weighted by Gasteiger charge is -2.30. The van der Waals surface area contributed by atoms with Gasteiger partial charge < -0.3 is 4.90 Å². The molecule has 1 aliphatic heterocycles. The second-order valence-corrected chi connectivity index (χ2v) is 7.77. The van der Waals surface area contributed by atoms with Gasteiger partial charge in [0.2, 0.25) is 0 Å². The number of amides is 1. The summed E-state index contributed by atoms with van der Waals surface area (Å²) in [5, 5.41) is 5.10. The summed E-state index contributed by atoms with van der Waals surface area (Å²) in [7, 11) is 1.78. The molecule has 0 saturated carbocycles. The van der Waals surface area contributed by atoms with Crippen LogP contribution in [-0.2, 0) is 13.5 Å². The summed E-state index contributed by atoms with van der Waals surface area (Å²) in [6.07, 6.45) is 1.07. The van der Waals surface area contributed by atoms with Crippen LogP contribution in [0.5, 0.6) is 0 Å². The molecule has 5 rings (SSSR count). The van der Waals surface area contributed by atoms with Gasteiger partial charge in [0, 0.05) is 30.8 Å². The minimum absolute atomic E-state index is 0.293. The van der Waals surface area contributed by atoms with E-state index in [1.165, 1.54) is 11.0 Å². The summed E-state index contributed by atoms with van der Waals surface area (Å²) in [4.78, 5) is 20.0. The first-order valence-corrected chi connectivity index (χ1v) is 10.1. The van der Waals surface area contributed by atoms with Crippen molar-refractivity contribution in [1.82, 2.24) is 14.8 Å². The summed E-state index contributed by atoms with van der Waals surface area (Å²) in [6.45, 7) is 2.21. The molecule has 1 aliphatic rings. The number of hydrogen-bond acceptors (Lipinski definition) is 3. The van der Waals surface area contributed by atoms with Gasteiger partial charge in [-0.15, -0.1) is 0 Å². The fourth-order valence-electron chi connectivity index (χ4n) is 4.34. The molecule has 1 amide bonds. The molecule has 2 aromatic carbocycles. The maximum absolute atomic E-state index is 14.4. The zero-order chi connectivity index (χ0) is 21.7. The third-order valence-corrected chi connectivity index (χ3v) is 5.75. The molecule has 0 atom stereocenters. The summed E-state index contributed by atoms with van der Waals surface area (Å²) in [5.74, 6) is -1.63. The van der Waals surface area contributed by atoms with E-state index >= 15 is 0 Å². The first kappa shape index (κ1) is 19.4. The molecule has 5 nitrogen and oxygen atoms in total. The zero-order valence-electron chi connectivity index (χ0n) is 17.2. The van der Waals surface area contributed by atoms with E-state index in [1.807, 2.05) is 37.3 Å². The Labute approximate surface area is 177 Å². The predicted molar refractivity (Wildman–Crippen MR) is 115 cm³/mol. The quantitative estimate of drug-likeness (QED) is 0.469. The number of benzene rings is 2. The number of halogens is 2. The molecule has 0 N–H and O–H groups in total. The molecule has 31 heavy (non-hydrogen) atoms. The Bertz CT molecular complexity index is 1330. The van der Waals surface area contributed by atoms with Gasteiger partial charge >= 0.3 is 0 Å². The number of aromatic nitrogens is 3. The van der Waals surface area contributed by atoms with E-state index in [4.69, 9.17) is 4.98 Å². The van der Waals surface area contributed by atoms with Gasteiger partial charge in [0.25, 0.3) is 5.91 Å². The average Bonchev–Trinajstić information content (AvgIpc) is 3.06. The fraction of sp³-hybridized carbons (Fsp3) is 0.208. The van der Waals surface area contributed by atoms with Crippen LogP contribution in [0.1, 0.15) is 28.0 Å². The number of pyridine rings is 1. The van der Waals surface area contributed by atoms with Crippen molar-refractivity contribution in [2.45, 2.75) is 19.8 Å². The van der Waals surface area contributed by atoms with Crippen molar-refractivity contribution in [1.29, 1.82) is 0 Å². The van der Waals surface area contributed by atoms with Crippen LogP contribution in [0, 0.1) is 18.6 Å². The van der Waals surface area contributed by atoms with E-state index in [0.717, 1.165) is 11.6 Å². The van der Waals surface area contributed by atoms with Crippen LogP contribution in [0.4, 0.5) is 14.5 Å². The number of anilines is 1. The van der Waals surface area contributed by atoms with Gasteiger partial charge in [-0.3, -0.25) is 9.48 Å². The van der Waals surface area contributed by atoms with Gasteiger partial charge in [0.1, 0.15) is 11.6 Å². The van der Waals surface area contributed by atoms with E-state index in [-0.39, 0.29) is 5.91 Å². The standard InChI is InChI=1S/C24H20F2N4O/c1-14-22-18(13-20(15-7-4-3-5-8-15)27-23(22)29(2)28-14)24(31)30-10-6-9-17-19(26)11-16(25)12-21(17)30/h3-5,7-8,11-13H,6,9-10H2,1-2H3. The second-order valence-electron chi connectivity index (χ2n) is 7.77. The Morgan fingerprint density at radius 2 is 1.87 bits per heavy atom. The number of carbonyl (C=O) groups is 1. The minimum atomic E-state index is -0.696. The number of nitrogens with zero attached hydrogens (tertiary/aromatic N) is 4. The SMILES string of the molecule is Cc1nn(C)c2nc(-c3ccccc3)cc(C(=O)N3CCCc4c(F)cc(F)cc43)c12. The Hall–Kier alpha value is -3.61. The second kappa shape index (κ2) is 7.27. The molecule has 0 radical (unpaired) electrons. The third kappa shape index (κ3) is 3.17. The first-order chi connectivity index (χ1) is 14.9. The van der Waals surface area contributed by atoms with Crippen molar-refractivity contribution < 1.29 is 13.6 Å².